The maximum Gasteiger partial charge on any atom is 0.119 e. The lowest BCUT2D eigenvalue weighted by Crippen LogP contribution is -2.45. The average Bonchev–Trinajstić information content (AvgIpc) is 2.44. The number of likely N-dealkylation sites (tertiary alicyclic amines) is 1. The summed E-state index contributed by atoms with van der Waals surface area (Å²) < 4.78 is 5.28. The summed E-state index contributed by atoms with van der Waals surface area (Å²) in [5.74, 6) is 1.16. The van der Waals surface area contributed by atoms with Crippen molar-refractivity contribution in [3.05, 3.63) is 29.8 Å². The minimum absolute atomic E-state index is 0.181. The molecule has 1 heterocycles. The highest BCUT2D eigenvalue weighted by molar-refractivity contribution is 5.30. The molecule has 1 saturated heterocycles. The lowest BCUT2D eigenvalue weighted by molar-refractivity contribution is 0.0181. The molecule has 0 spiro atoms. The largest absolute Gasteiger partial charge is 0.497 e. The molecule has 0 aliphatic carbocycles. The molecule has 0 aromatic heterocycles. The zero-order valence-electron chi connectivity index (χ0n) is 11.7. The van der Waals surface area contributed by atoms with Crippen molar-refractivity contribution >= 4 is 0 Å². The Labute approximate surface area is 115 Å². The third kappa shape index (κ3) is 3.26. The minimum atomic E-state index is -0.181. The number of nitrogens with two attached hydrogens (primary N) is 1. The van der Waals surface area contributed by atoms with E-state index < -0.39 is 0 Å². The van der Waals surface area contributed by atoms with E-state index >= 15 is 0 Å². The number of benzene rings is 1. The number of hydrogen-bond acceptors (Lipinski definition) is 4. The van der Waals surface area contributed by atoms with Crippen LogP contribution in [0.15, 0.2) is 24.3 Å². The summed E-state index contributed by atoms with van der Waals surface area (Å²) in [6.45, 7) is 4.46. The Balaban J connectivity index is 2.15. The summed E-state index contributed by atoms with van der Waals surface area (Å²) in [6, 6.07) is 8.28. The first-order valence-electron chi connectivity index (χ1n) is 6.91. The molecule has 1 fully saturated rings. The second-order valence-electron chi connectivity index (χ2n) is 5.36. The highest BCUT2D eigenvalue weighted by Gasteiger charge is 2.29. The van der Waals surface area contributed by atoms with Crippen LogP contribution in [0.3, 0.4) is 0 Å². The van der Waals surface area contributed by atoms with Crippen molar-refractivity contribution in [3.63, 3.8) is 0 Å². The summed E-state index contributed by atoms with van der Waals surface area (Å²) in [4.78, 5) is 2.37. The van der Waals surface area contributed by atoms with Gasteiger partial charge in [0, 0.05) is 25.7 Å². The van der Waals surface area contributed by atoms with Crippen molar-refractivity contribution in [2.24, 2.45) is 11.7 Å². The number of nitrogens with zero attached hydrogens (tertiary/aromatic N) is 1. The second-order valence-corrected chi connectivity index (χ2v) is 5.36. The fourth-order valence-electron chi connectivity index (χ4n) is 2.79. The van der Waals surface area contributed by atoms with Crippen LogP contribution in [-0.4, -0.2) is 42.9 Å². The zero-order chi connectivity index (χ0) is 13.8. The number of piperidine rings is 1. The van der Waals surface area contributed by atoms with Crippen LogP contribution in [0.25, 0.3) is 0 Å². The van der Waals surface area contributed by atoms with Gasteiger partial charge in [0.25, 0.3) is 0 Å². The Morgan fingerprint density at radius 1 is 1.53 bits per heavy atom. The van der Waals surface area contributed by atoms with Gasteiger partial charge in [0.05, 0.1) is 13.2 Å². The van der Waals surface area contributed by atoms with Gasteiger partial charge in [0.15, 0.2) is 0 Å². The summed E-state index contributed by atoms with van der Waals surface area (Å²) in [7, 11) is 1.68. The average molecular weight is 264 g/mol. The number of hydrogen-bond donors (Lipinski definition) is 2. The fraction of sp³-hybridized carbons (Fsp3) is 0.600. The molecule has 1 aromatic carbocycles. The van der Waals surface area contributed by atoms with Crippen LogP contribution >= 0.6 is 0 Å². The van der Waals surface area contributed by atoms with Crippen LogP contribution in [0.2, 0.25) is 0 Å². The molecule has 19 heavy (non-hydrogen) atoms. The predicted octanol–water partition coefficient (Wildman–Crippen LogP) is 1.40. The van der Waals surface area contributed by atoms with Crippen LogP contribution in [0.4, 0.5) is 0 Å². The Bertz CT molecular complexity index is 411. The number of rotatable bonds is 4. The first-order valence-corrected chi connectivity index (χ1v) is 6.91. The van der Waals surface area contributed by atoms with Crippen molar-refractivity contribution < 1.29 is 9.84 Å². The maximum atomic E-state index is 9.82. The molecular formula is C15H24N2O2. The predicted molar refractivity (Wildman–Crippen MR) is 76.2 cm³/mol. The summed E-state index contributed by atoms with van der Waals surface area (Å²) in [5.41, 5.74) is 7.15. The SMILES string of the molecule is COc1cccc(C(CN)N2CCC(O)C(C)C2)c1. The lowest BCUT2D eigenvalue weighted by atomic mass is 9.93. The van der Waals surface area contributed by atoms with E-state index in [-0.39, 0.29) is 12.1 Å². The standard InChI is InChI=1S/C15H24N2O2/c1-11-10-17(7-6-15(11)18)14(9-16)12-4-3-5-13(8-12)19-2/h3-5,8,11,14-15,18H,6-7,9-10,16H2,1-2H3. The van der Waals surface area contributed by atoms with Gasteiger partial charge in [-0.1, -0.05) is 19.1 Å². The molecule has 4 heteroatoms. The van der Waals surface area contributed by atoms with Gasteiger partial charge in [0.1, 0.15) is 5.75 Å². The van der Waals surface area contributed by atoms with Crippen LogP contribution < -0.4 is 10.5 Å². The van der Waals surface area contributed by atoms with E-state index in [1.54, 1.807) is 7.11 Å². The molecule has 3 N–H and O–H groups in total. The molecule has 1 aliphatic heterocycles. The van der Waals surface area contributed by atoms with Gasteiger partial charge in [-0.3, -0.25) is 4.90 Å². The molecule has 0 amide bonds. The van der Waals surface area contributed by atoms with E-state index in [1.807, 2.05) is 18.2 Å². The zero-order valence-corrected chi connectivity index (χ0v) is 11.7. The van der Waals surface area contributed by atoms with Crippen LogP contribution in [0, 0.1) is 5.92 Å². The molecule has 3 unspecified atom stereocenters. The maximum absolute atomic E-state index is 9.82. The number of methoxy groups -OCH3 is 1. The van der Waals surface area contributed by atoms with Crippen molar-refractivity contribution in [2.45, 2.75) is 25.5 Å². The number of aliphatic hydroxyl groups excluding tert-OH is 1. The van der Waals surface area contributed by atoms with Gasteiger partial charge in [-0.25, -0.2) is 0 Å². The van der Waals surface area contributed by atoms with E-state index in [4.69, 9.17) is 10.5 Å². The van der Waals surface area contributed by atoms with Crippen LogP contribution in [-0.2, 0) is 0 Å². The van der Waals surface area contributed by atoms with Crippen LogP contribution in [0.1, 0.15) is 24.9 Å². The molecule has 106 valence electrons. The molecule has 3 atom stereocenters. The number of aliphatic hydroxyl groups is 1. The Hall–Kier alpha value is -1.10. The van der Waals surface area contributed by atoms with E-state index in [2.05, 4.69) is 17.9 Å². The topological polar surface area (TPSA) is 58.7 Å². The molecule has 2 rings (SSSR count). The van der Waals surface area contributed by atoms with Crippen molar-refractivity contribution in [1.82, 2.24) is 4.90 Å². The third-order valence-corrected chi connectivity index (χ3v) is 4.03. The highest BCUT2D eigenvalue weighted by atomic mass is 16.5. The van der Waals surface area contributed by atoms with Crippen molar-refractivity contribution in [1.29, 1.82) is 0 Å². The quantitative estimate of drug-likeness (QED) is 0.863. The van der Waals surface area contributed by atoms with E-state index in [0.29, 0.717) is 12.5 Å². The molecule has 1 aromatic rings. The Morgan fingerprint density at radius 2 is 2.32 bits per heavy atom. The molecular weight excluding hydrogens is 240 g/mol. The molecule has 0 saturated carbocycles. The van der Waals surface area contributed by atoms with Gasteiger partial charge in [-0.05, 0) is 30.0 Å². The summed E-state index contributed by atoms with van der Waals surface area (Å²) in [6.07, 6.45) is 0.640. The fourth-order valence-corrected chi connectivity index (χ4v) is 2.79. The van der Waals surface area contributed by atoms with Gasteiger partial charge >= 0.3 is 0 Å². The number of ether oxygens (including phenoxy) is 1. The van der Waals surface area contributed by atoms with Gasteiger partial charge in [-0.15, -0.1) is 0 Å². The summed E-state index contributed by atoms with van der Waals surface area (Å²) >= 11 is 0. The van der Waals surface area contributed by atoms with Gasteiger partial charge in [-0.2, -0.15) is 0 Å². The first kappa shape index (κ1) is 14.3. The lowest BCUT2D eigenvalue weighted by Gasteiger charge is -2.39. The van der Waals surface area contributed by atoms with Gasteiger partial charge in [0.2, 0.25) is 0 Å². The molecule has 0 bridgehead atoms. The smallest absolute Gasteiger partial charge is 0.119 e. The highest BCUT2D eigenvalue weighted by Crippen LogP contribution is 2.28. The van der Waals surface area contributed by atoms with Crippen LogP contribution in [0.5, 0.6) is 5.75 Å². The Kier molecular flexibility index (Phi) is 4.80. The third-order valence-electron chi connectivity index (χ3n) is 4.03. The molecule has 4 nitrogen and oxygen atoms in total. The Morgan fingerprint density at radius 3 is 2.95 bits per heavy atom. The van der Waals surface area contributed by atoms with Gasteiger partial charge < -0.3 is 15.6 Å². The molecule has 1 aliphatic rings. The van der Waals surface area contributed by atoms with E-state index in [1.165, 1.54) is 5.56 Å². The molecule has 0 radical (unpaired) electrons. The minimum Gasteiger partial charge on any atom is -0.497 e. The first-order chi connectivity index (χ1) is 9.15. The monoisotopic (exact) mass is 264 g/mol. The second kappa shape index (κ2) is 6.37. The normalized spacial score (nSPS) is 26.1. The van der Waals surface area contributed by atoms with Crippen molar-refractivity contribution in [2.75, 3.05) is 26.7 Å². The van der Waals surface area contributed by atoms with Crippen molar-refractivity contribution in [3.8, 4) is 5.75 Å². The summed E-state index contributed by atoms with van der Waals surface area (Å²) in [5, 5.41) is 9.82. The van der Waals surface area contributed by atoms with E-state index in [0.717, 1.165) is 25.3 Å². The van der Waals surface area contributed by atoms with E-state index in [9.17, 15) is 5.11 Å².